The van der Waals surface area contributed by atoms with Crippen LogP contribution < -0.4 is 5.32 Å². The van der Waals surface area contributed by atoms with E-state index in [2.05, 4.69) is 24.4 Å². The average Bonchev–Trinajstić information content (AvgIpc) is 2.70. The summed E-state index contributed by atoms with van der Waals surface area (Å²) in [5.74, 6) is 0. The van der Waals surface area contributed by atoms with Crippen molar-refractivity contribution in [3.05, 3.63) is 46.5 Å². The van der Waals surface area contributed by atoms with Crippen molar-refractivity contribution in [2.45, 2.75) is 96.8 Å². The minimum absolute atomic E-state index is 0.141. The summed E-state index contributed by atoms with van der Waals surface area (Å²) < 4.78 is 0. The van der Waals surface area contributed by atoms with Gasteiger partial charge in [-0.3, -0.25) is 10.1 Å². The summed E-state index contributed by atoms with van der Waals surface area (Å²) in [7, 11) is 0. The average molecular weight is 389 g/mol. The van der Waals surface area contributed by atoms with E-state index in [4.69, 9.17) is 0 Å². The molecule has 1 aromatic rings. The number of hydrogen-bond acceptors (Lipinski definition) is 3. The first-order chi connectivity index (χ1) is 13.7. The first kappa shape index (κ1) is 24.2. The maximum Gasteiger partial charge on any atom is 0.269 e. The third kappa shape index (κ3) is 13.3. The maximum absolute atomic E-state index is 10.6. The Labute approximate surface area is 172 Å². The Balaban J connectivity index is 1.84. The zero-order valence-corrected chi connectivity index (χ0v) is 17.8. The summed E-state index contributed by atoms with van der Waals surface area (Å²) in [6.07, 6.45) is 23.2. The van der Waals surface area contributed by atoms with Gasteiger partial charge in [0.25, 0.3) is 5.69 Å². The number of hydrogen-bond donors (Lipinski definition) is 1. The van der Waals surface area contributed by atoms with Gasteiger partial charge >= 0.3 is 0 Å². The molecule has 0 saturated carbocycles. The Kier molecular flexibility index (Phi) is 14.9. The number of anilines is 1. The van der Waals surface area contributed by atoms with Gasteiger partial charge in [-0.2, -0.15) is 0 Å². The van der Waals surface area contributed by atoms with E-state index in [1.807, 2.05) is 0 Å². The van der Waals surface area contributed by atoms with Gasteiger partial charge in [0.2, 0.25) is 0 Å². The number of nitro groups is 1. The molecule has 1 aromatic carbocycles. The number of nitro benzene ring substituents is 1. The largest absolute Gasteiger partial charge is 0.385 e. The van der Waals surface area contributed by atoms with Crippen molar-refractivity contribution in [3.63, 3.8) is 0 Å². The molecule has 1 N–H and O–H groups in total. The lowest BCUT2D eigenvalue weighted by atomic mass is 10.1. The van der Waals surface area contributed by atoms with Gasteiger partial charge in [0.05, 0.1) is 4.92 Å². The number of nitrogens with one attached hydrogen (secondary N) is 1. The zero-order valence-electron chi connectivity index (χ0n) is 17.8. The zero-order chi connectivity index (χ0) is 20.3. The molecule has 0 spiro atoms. The number of nitrogens with zero attached hydrogens (tertiary/aromatic N) is 1. The van der Waals surface area contributed by atoms with Crippen LogP contribution in [0.4, 0.5) is 11.4 Å². The van der Waals surface area contributed by atoms with Crippen LogP contribution in [0.25, 0.3) is 0 Å². The maximum atomic E-state index is 10.6. The SMILES string of the molecule is CCCCCCCCC=CCCCCCCCCNc1ccc([N+](=O)[O-])cc1. The highest BCUT2D eigenvalue weighted by molar-refractivity contribution is 5.48. The number of non-ortho nitro benzene ring substituents is 1. The van der Waals surface area contributed by atoms with E-state index in [1.165, 1.54) is 83.5 Å². The standard InChI is InChI=1S/C24H40N2O2/c1-2-3-4-5-6-7-8-9-10-11-12-13-14-15-16-17-22-25-23-18-20-24(21-19-23)26(27)28/h9-10,18-21,25H,2-8,11-17,22H2,1H3. The van der Waals surface area contributed by atoms with E-state index in [9.17, 15) is 10.1 Å². The summed E-state index contributed by atoms with van der Waals surface area (Å²) in [6, 6.07) is 6.64. The van der Waals surface area contributed by atoms with Crippen LogP contribution in [0.3, 0.4) is 0 Å². The molecule has 0 saturated heterocycles. The van der Waals surface area contributed by atoms with E-state index in [0.717, 1.165) is 18.7 Å². The van der Waals surface area contributed by atoms with Crippen LogP contribution in [0.1, 0.15) is 96.8 Å². The first-order valence-corrected chi connectivity index (χ1v) is 11.4. The molecule has 0 aromatic heterocycles. The smallest absolute Gasteiger partial charge is 0.269 e. The molecule has 0 aliphatic rings. The van der Waals surface area contributed by atoms with E-state index in [-0.39, 0.29) is 10.6 Å². The van der Waals surface area contributed by atoms with E-state index < -0.39 is 0 Å². The predicted octanol–water partition coefficient (Wildman–Crippen LogP) is 8.04. The molecule has 4 heteroatoms. The van der Waals surface area contributed by atoms with Crippen molar-refractivity contribution >= 4 is 11.4 Å². The molecular weight excluding hydrogens is 348 g/mol. The highest BCUT2D eigenvalue weighted by Gasteiger charge is 2.03. The van der Waals surface area contributed by atoms with Crippen LogP contribution in [0.2, 0.25) is 0 Å². The lowest BCUT2D eigenvalue weighted by molar-refractivity contribution is -0.384. The minimum Gasteiger partial charge on any atom is -0.385 e. The molecule has 0 bridgehead atoms. The normalized spacial score (nSPS) is 11.2. The fourth-order valence-electron chi connectivity index (χ4n) is 3.31. The molecule has 28 heavy (non-hydrogen) atoms. The van der Waals surface area contributed by atoms with Gasteiger partial charge in [-0.25, -0.2) is 0 Å². The van der Waals surface area contributed by atoms with Crippen LogP contribution in [-0.4, -0.2) is 11.5 Å². The lowest BCUT2D eigenvalue weighted by Crippen LogP contribution is -2.01. The van der Waals surface area contributed by atoms with Crippen LogP contribution in [-0.2, 0) is 0 Å². The Morgan fingerprint density at radius 2 is 1.29 bits per heavy atom. The topological polar surface area (TPSA) is 55.2 Å². The van der Waals surface area contributed by atoms with E-state index in [0.29, 0.717) is 0 Å². The Morgan fingerprint density at radius 1 is 0.786 bits per heavy atom. The van der Waals surface area contributed by atoms with Crippen LogP contribution in [0, 0.1) is 10.1 Å². The Hall–Kier alpha value is -1.84. The fraction of sp³-hybridized carbons (Fsp3) is 0.667. The van der Waals surface area contributed by atoms with Crippen LogP contribution in [0.5, 0.6) is 0 Å². The van der Waals surface area contributed by atoms with Crippen LogP contribution in [0.15, 0.2) is 36.4 Å². The molecule has 0 aliphatic carbocycles. The summed E-state index contributed by atoms with van der Waals surface area (Å²) in [6.45, 7) is 3.20. The number of benzene rings is 1. The lowest BCUT2D eigenvalue weighted by Gasteiger charge is -2.06. The summed E-state index contributed by atoms with van der Waals surface area (Å²) in [5, 5.41) is 13.9. The summed E-state index contributed by atoms with van der Waals surface area (Å²) >= 11 is 0. The molecule has 1 rings (SSSR count). The van der Waals surface area contributed by atoms with Gasteiger partial charge in [0, 0.05) is 24.4 Å². The summed E-state index contributed by atoms with van der Waals surface area (Å²) in [5.41, 5.74) is 1.10. The Bertz CT molecular complexity index is 526. The van der Waals surface area contributed by atoms with Crippen molar-refractivity contribution in [3.8, 4) is 0 Å². The van der Waals surface area contributed by atoms with Gasteiger partial charge in [-0.1, -0.05) is 76.9 Å². The quantitative estimate of drug-likeness (QED) is 0.120. The third-order valence-electron chi connectivity index (χ3n) is 5.10. The Morgan fingerprint density at radius 3 is 1.82 bits per heavy atom. The second kappa shape index (κ2) is 17.3. The second-order valence-corrected chi connectivity index (χ2v) is 7.67. The van der Waals surface area contributed by atoms with Gasteiger partial charge in [-0.05, 0) is 44.2 Å². The van der Waals surface area contributed by atoms with Crippen molar-refractivity contribution in [1.82, 2.24) is 0 Å². The highest BCUT2D eigenvalue weighted by atomic mass is 16.6. The second-order valence-electron chi connectivity index (χ2n) is 7.67. The monoisotopic (exact) mass is 388 g/mol. The van der Waals surface area contributed by atoms with Gasteiger partial charge in [0.15, 0.2) is 0 Å². The van der Waals surface area contributed by atoms with Crippen LogP contribution >= 0.6 is 0 Å². The fourth-order valence-corrected chi connectivity index (χ4v) is 3.31. The molecule has 0 aliphatic heterocycles. The van der Waals surface area contributed by atoms with Gasteiger partial charge < -0.3 is 5.32 Å². The number of unbranched alkanes of at least 4 members (excludes halogenated alkanes) is 12. The van der Waals surface area contributed by atoms with Gasteiger partial charge in [-0.15, -0.1) is 0 Å². The number of allylic oxidation sites excluding steroid dienone is 2. The molecule has 0 amide bonds. The first-order valence-electron chi connectivity index (χ1n) is 11.4. The van der Waals surface area contributed by atoms with Crippen molar-refractivity contribution in [1.29, 1.82) is 0 Å². The van der Waals surface area contributed by atoms with Crippen molar-refractivity contribution in [2.75, 3.05) is 11.9 Å². The highest BCUT2D eigenvalue weighted by Crippen LogP contribution is 2.15. The van der Waals surface area contributed by atoms with E-state index >= 15 is 0 Å². The van der Waals surface area contributed by atoms with Gasteiger partial charge in [0.1, 0.15) is 0 Å². The summed E-state index contributed by atoms with van der Waals surface area (Å²) in [4.78, 5) is 10.3. The number of rotatable bonds is 18. The molecule has 158 valence electrons. The van der Waals surface area contributed by atoms with Crippen molar-refractivity contribution in [2.24, 2.45) is 0 Å². The molecule has 0 atom stereocenters. The molecule has 0 heterocycles. The third-order valence-corrected chi connectivity index (χ3v) is 5.10. The molecular formula is C24H40N2O2. The molecule has 0 radical (unpaired) electrons. The van der Waals surface area contributed by atoms with E-state index in [1.54, 1.807) is 24.3 Å². The van der Waals surface area contributed by atoms with Crippen molar-refractivity contribution < 1.29 is 4.92 Å². The molecule has 0 unspecified atom stereocenters. The predicted molar refractivity (Wildman–Crippen MR) is 121 cm³/mol. The molecule has 0 fully saturated rings. The molecule has 4 nitrogen and oxygen atoms in total. The minimum atomic E-state index is -0.366.